The number of carboxylic acid groups (broad SMARTS) is 1. The van der Waals surface area contributed by atoms with Crippen molar-refractivity contribution in [1.82, 2.24) is 5.32 Å². The molecule has 0 saturated heterocycles. The smallest absolute Gasteiger partial charge is 0.303 e. The van der Waals surface area contributed by atoms with Crippen LogP contribution in [-0.2, 0) is 11.2 Å². The Morgan fingerprint density at radius 1 is 1.03 bits per heavy atom. The minimum absolute atomic E-state index is 0.0772. The number of aryl methyl sites for hydroxylation is 1. The maximum absolute atomic E-state index is 13.4. The quantitative estimate of drug-likeness (QED) is 0.386. The molecule has 0 aromatic heterocycles. The number of aliphatic carboxylic acids is 1. The number of fused-ring (bicyclic) bond motifs is 1. The van der Waals surface area contributed by atoms with Crippen LogP contribution in [0.2, 0.25) is 0 Å². The van der Waals surface area contributed by atoms with E-state index >= 15 is 0 Å². The predicted octanol–water partition coefficient (Wildman–Crippen LogP) is 6.45. The number of benzene rings is 3. The van der Waals surface area contributed by atoms with Gasteiger partial charge in [0.05, 0.1) is 12.1 Å². The lowest BCUT2D eigenvalue weighted by molar-refractivity contribution is -0.137. The van der Waals surface area contributed by atoms with Gasteiger partial charge in [-0.05, 0) is 79.5 Å². The number of hydrogen-bond donors (Lipinski definition) is 2. The summed E-state index contributed by atoms with van der Waals surface area (Å²) in [6.07, 6.45) is 6.97. The molecular formula is C29H33NO4. The molecule has 1 amide bonds. The maximum Gasteiger partial charge on any atom is 0.303 e. The second kappa shape index (κ2) is 11.2. The molecule has 5 heteroatoms. The monoisotopic (exact) mass is 459 g/mol. The van der Waals surface area contributed by atoms with Gasteiger partial charge in [0.25, 0.3) is 5.91 Å². The fraction of sp³-hybridized carbons (Fsp3) is 0.379. The molecule has 1 saturated carbocycles. The zero-order valence-electron chi connectivity index (χ0n) is 19.8. The second-order valence-corrected chi connectivity index (χ2v) is 9.21. The second-order valence-electron chi connectivity index (χ2n) is 9.21. The number of carboxylic acids is 1. The van der Waals surface area contributed by atoms with Crippen LogP contribution in [-0.4, -0.2) is 23.1 Å². The Morgan fingerprint density at radius 3 is 2.59 bits per heavy atom. The SMILES string of the molecule is CC(NC(=O)c1cc(OC2CCCCC2)ccc1CCCC(=O)O)c1cccc2ccccc12. The first-order valence-electron chi connectivity index (χ1n) is 12.3. The Bertz CT molecular complexity index is 1140. The van der Waals surface area contributed by atoms with E-state index in [4.69, 9.17) is 9.84 Å². The molecule has 2 N–H and O–H groups in total. The summed E-state index contributed by atoms with van der Waals surface area (Å²) >= 11 is 0. The Morgan fingerprint density at radius 2 is 1.79 bits per heavy atom. The summed E-state index contributed by atoms with van der Waals surface area (Å²) in [5.74, 6) is -0.287. The van der Waals surface area contributed by atoms with Gasteiger partial charge in [-0.2, -0.15) is 0 Å². The van der Waals surface area contributed by atoms with Crippen LogP contribution in [0, 0.1) is 0 Å². The van der Waals surface area contributed by atoms with Gasteiger partial charge in [0.1, 0.15) is 5.75 Å². The molecule has 0 bridgehead atoms. The Balaban J connectivity index is 1.56. The van der Waals surface area contributed by atoms with Crippen LogP contribution < -0.4 is 10.1 Å². The molecule has 0 radical (unpaired) electrons. The van der Waals surface area contributed by atoms with E-state index < -0.39 is 5.97 Å². The summed E-state index contributed by atoms with van der Waals surface area (Å²) in [6.45, 7) is 1.99. The number of amides is 1. The van der Waals surface area contributed by atoms with Crippen molar-refractivity contribution in [3.05, 3.63) is 77.4 Å². The Labute approximate surface area is 201 Å². The van der Waals surface area contributed by atoms with E-state index in [1.807, 2.05) is 49.4 Å². The lowest BCUT2D eigenvalue weighted by Crippen LogP contribution is -2.28. The van der Waals surface area contributed by atoms with Crippen LogP contribution in [0.15, 0.2) is 60.7 Å². The minimum atomic E-state index is -0.826. The molecule has 1 atom stereocenters. The fourth-order valence-corrected chi connectivity index (χ4v) is 4.84. The van der Waals surface area contributed by atoms with Crippen LogP contribution in [0.25, 0.3) is 10.8 Å². The first-order valence-corrected chi connectivity index (χ1v) is 12.3. The van der Waals surface area contributed by atoms with Crippen molar-refractivity contribution in [3.8, 4) is 5.75 Å². The average molecular weight is 460 g/mol. The predicted molar refractivity (Wildman–Crippen MR) is 134 cm³/mol. The molecule has 0 heterocycles. The number of hydrogen-bond acceptors (Lipinski definition) is 3. The zero-order chi connectivity index (χ0) is 23.9. The van der Waals surface area contributed by atoms with Gasteiger partial charge in [0.15, 0.2) is 0 Å². The number of rotatable bonds is 9. The van der Waals surface area contributed by atoms with Crippen LogP contribution >= 0.6 is 0 Å². The molecule has 34 heavy (non-hydrogen) atoms. The van der Waals surface area contributed by atoms with Crippen molar-refractivity contribution in [2.24, 2.45) is 0 Å². The lowest BCUT2D eigenvalue weighted by atomic mass is 9.97. The van der Waals surface area contributed by atoms with E-state index in [0.29, 0.717) is 24.2 Å². The first-order chi connectivity index (χ1) is 16.5. The van der Waals surface area contributed by atoms with E-state index in [2.05, 4.69) is 23.5 Å². The van der Waals surface area contributed by atoms with Gasteiger partial charge in [-0.1, -0.05) is 55.0 Å². The van der Waals surface area contributed by atoms with Crippen LogP contribution in [0.3, 0.4) is 0 Å². The molecule has 1 fully saturated rings. The molecule has 5 nitrogen and oxygen atoms in total. The third kappa shape index (κ3) is 5.96. The summed E-state index contributed by atoms with van der Waals surface area (Å²) in [4.78, 5) is 24.4. The molecular weight excluding hydrogens is 426 g/mol. The average Bonchev–Trinajstić information content (AvgIpc) is 2.84. The summed E-state index contributed by atoms with van der Waals surface area (Å²) < 4.78 is 6.22. The molecule has 4 rings (SSSR count). The molecule has 1 unspecified atom stereocenters. The molecule has 0 aliphatic heterocycles. The summed E-state index contributed by atoms with van der Waals surface area (Å²) in [7, 11) is 0. The molecule has 0 spiro atoms. The topological polar surface area (TPSA) is 75.6 Å². The van der Waals surface area contributed by atoms with Gasteiger partial charge < -0.3 is 15.2 Å². The molecule has 3 aromatic rings. The Kier molecular flexibility index (Phi) is 7.84. The lowest BCUT2D eigenvalue weighted by Gasteiger charge is -2.24. The number of nitrogens with one attached hydrogen (secondary N) is 1. The Hall–Kier alpha value is -3.34. The summed E-state index contributed by atoms with van der Waals surface area (Å²) in [6, 6.07) is 19.8. The summed E-state index contributed by atoms with van der Waals surface area (Å²) in [5, 5.41) is 14.4. The number of carbonyl (C=O) groups excluding carboxylic acids is 1. The standard InChI is InChI=1S/C29H33NO4/c1-20(25-15-7-10-21-9-5-6-14-26(21)25)30-29(33)27-19-24(34-23-12-3-2-4-13-23)18-17-22(27)11-8-16-28(31)32/h5-7,9-10,14-15,17-20,23H,2-4,8,11-13,16H2,1H3,(H,30,33)(H,31,32). The highest BCUT2D eigenvalue weighted by atomic mass is 16.5. The van der Waals surface area contributed by atoms with Gasteiger partial charge in [-0.15, -0.1) is 0 Å². The highest BCUT2D eigenvalue weighted by Crippen LogP contribution is 2.28. The third-order valence-corrected chi connectivity index (χ3v) is 6.66. The largest absolute Gasteiger partial charge is 0.490 e. The van der Waals surface area contributed by atoms with E-state index in [-0.39, 0.29) is 24.5 Å². The van der Waals surface area contributed by atoms with Crippen LogP contribution in [0.1, 0.15) is 79.4 Å². The van der Waals surface area contributed by atoms with E-state index in [1.165, 1.54) is 19.3 Å². The van der Waals surface area contributed by atoms with E-state index in [9.17, 15) is 9.59 Å². The highest BCUT2D eigenvalue weighted by Gasteiger charge is 2.20. The van der Waals surface area contributed by atoms with Crippen molar-refractivity contribution >= 4 is 22.6 Å². The van der Waals surface area contributed by atoms with Gasteiger partial charge in [-0.3, -0.25) is 9.59 Å². The van der Waals surface area contributed by atoms with Gasteiger partial charge in [0, 0.05) is 12.0 Å². The van der Waals surface area contributed by atoms with Crippen LogP contribution in [0.5, 0.6) is 5.75 Å². The van der Waals surface area contributed by atoms with Crippen molar-refractivity contribution < 1.29 is 19.4 Å². The van der Waals surface area contributed by atoms with Crippen LogP contribution in [0.4, 0.5) is 0 Å². The van der Waals surface area contributed by atoms with E-state index in [1.54, 1.807) is 0 Å². The van der Waals surface area contributed by atoms with Crippen molar-refractivity contribution in [3.63, 3.8) is 0 Å². The van der Waals surface area contributed by atoms with Gasteiger partial charge in [0.2, 0.25) is 0 Å². The minimum Gasteiger partial charge on any atom is -0.490 e. The maximum atomic E-state index is 13.4. The van der Waals surface area contributed by atoms with Crippen molar-refractivity contribution in [2.75, 3.05) is 0 Å². The zero-order valence-corrected chi connectivity index (χ0v) is 19.8. The van der Waals surface area contributed by atoms with Gasteiger partial charge in [-0.25, -0.2) is 0 Å². The first kappa shape index (κ1) is 23.8. The van der Waals surface area contributed by atoms with Crippen molar-refractivity contribution in [2.45, 2.75) is 70.4 Å². The van der Waals surface area contributed by atoms with Gasteiger partial charge >= 0.3 is 5.97 Å². The molecule has 1 aliphatic rings. The molecule has 178 valence electrons. The summed E-state index contributed by atoms with van der Waals surface area (Å²) in [5.41, 5.74) is 2.47. The van der Waals surface area contributed by atoms with E-state index in [0.717, 1.165) is 34.7 Å². The highest BCUT2D eigenvalue weighted by molar-refractivity contribution is 5.97. The number of ether oxygens (including phenoxy) is 1. The molecule has 3 aromatic carbocycles. The number of carbonyl (C=O) groups is 2. The molecule has 1 aliphatic carbocycles. The third-order valence-electron chi connectivity index (χ3n) is 6.66. The fourth-order valence-electron chi connectivity index (χ4n) is 4.84. The normalized spacial score (nSPS) is 15.1. The van der Waals surface area contributed by atoms with Crippen molar-refractivity contribution in [1.29, 1.82) is 0 Å².